The van der Waals surface area contributed by atoms with E-state index in [1.807, 2.05) is 6.92 Å². The van der Waals surface area contributed by atoms with Crippen molar-refractivity contribution in [2.24, 2.45) is 11.3 Å². The van der Waals surface area contributed by atoms with E-state index in [-0.39, 0.29) is 0 Å². The van der Waals surface area contributed by atoms with Crippen LogP contribution in [0.2, 0.25) is 5.02 Å². The van der Waals surface area contributed by atoms with Gasteiger partial charge < -0.3 is 0 Å². The lowest BCUT2D eigenvalue weighted by molar-refractivity contribution is 0.577. The Morgan fingerprint density at radius 1 is 1.33 bits per heavy atom. The van der Waals surface area contributed by atoms with Gasteiger partial charge in [-0.3, -0.25) is 0 Å². The van der Waals surface area contributed by atoms with E-state index in [1.54, 1.807) is 0 Å². The van der Waals surface area contributed by atoms with Crippen molar-refractivity contribution in [3.63, 3.8) is 0 Å². The highest BCUT2D eigenvalue weighted by molar-refractivity contribution is 6.31. The largest absolute Gasteiger partial charge is 0.126 e. The number of hydrogen-bond acceptors (Lipinski definition) is 0. The fourth-order valence-electron chi connectivity index (χ4n) is 2.50. The van der Waals surface area contributed by atoms with Crippen molar-refractivity contribution in [2.45, 2.75) is 26.7 Å². The molecule has 0 N–H and O–H groups in total. The molecule has 1 aliphatic rings. The molecule has 0 saturated heterocycles. The number of aryl methyl sites for hydroxylation is 1. The molecular weight excluding hydrogens is 227 g/mol. The van der Waals surface area contributed by atoms with E-state index in [9.17, 15) is 0 Å². The van der Waals surface area contributed by atoms with Crippen LogP contribution in [0, 0.1) is 18.3 Å². The molecule has 0 bridgehead atoms. The molecule has 1 aromatic rings. The molecule has 1 aromatic carbocycles. The van der Waals surface area contributed by atoms with Crippen LogP contribution in [0.15, 0.2) is 18.2 Å². The van der Waals surface area contributed by atoms with Crippen LogP contribution in [0.4, 0.5) is 0 Å². The summed E-state index contributed by atoms with van der Waals surface area (Å²) >= 11 is 12.1. The normalized spacial score (nSPS) is 27.8. The fraction of sp³-hybridized carbons (Fsp3) is 0.538. The fourth-order valence-corrected chi connectivity index (χ4v) is 3.26. The van der Waals surface area contributed by atoms with Gasteiger partial charge in [-0.15, -0.1) is 11.6 Å². The minimum Gasteiger partial charge on any atom is -0.126 e. The zero-order valence-corrected chi connectivity index (χ0v) is 10.9. The van der Waals surface area contributed by atoms with Crippen molar-refractivity contribution in [3.8, 4) is 0 Å². The number of benzene rings is 1. The molecule has 2 heteroatoms. The lowest BCUT2D eigenvalue weighted by Crippen LogP contribution is -1.91. The molecule has 15 heavy (non-hydrogen) atoms. The molecule has 0 aromatic heterocycles. The first-order valence-corrected chi connectivity index (χ1v) is 6.21. The van der Waals surface area contributed by atoms with E-state index in [1.165, 1.54) is 5.56 Å². The summed E-state index contributed by atoms with van der Waals surface area (Å²) in [6.07, 6.45) is 0. The van der Waals surface area contributed by atoms with E-state index < -0.39 is 0 Å². The zero-order valence-electron chi connectivity index (χ0n) is 9.35. The van der Waals surface area contributed by atoms with Crippen molar-refractivity contribution in [3.05, 3.63) is 34.3 Å². The molecule has 0 radical (unpaired) electrons. The summed E-state index contributed by atoms with van der Waals surface area (Å²) in [6.45, 7) is 6.58. The summed E-state index contributed by atoms with van der Waals surface area (Å²) in [5.41, 5.74) is 2.81. The molecule has 1 aliphatic carbocycles. The smallest absolute Gasteiger partial charge is 0.0438 e. The molecule has 1 saturated carbocycles. The van der Waals surface area contributed by atoms with Gasteiger partial charge in [0.15, 0.2) is 0 Å². The minimum atomic E-state index is 0.334. The third-order valence-electron chi connectivity index (χ3n) is 3.77. The van der Waals surface area contributed by atoms with Gasteiger partial charge >= 0.3 is 0 Å². The van der Waals surface area contributed by atoms with Gasteiger partial charge in [0.1, 0.15) is 0 Å². The van der Waals surface area contributed by atoms with Crippen molar-refractivity contribution >= 4 is 23.2 Å². The second-order valence-corrected chi connectivity index (χ2v) is 5.78. The average Bonchev–Trinajstić information content (AvgIpc) is 2.73. The zero-order chi connectivity index (χ0) is 11.2. The molecule has 2 rings (SSSR count). The average molecular weight is 243 g/mol. The first kappa shape index (κ1) is 11.3. The van der Waals surface area contributed by atoms with Crippen LogP contribution in [0.25, 0.3) is 0 Å². The van der Waals surface area contributed by atoms with Crippen molar-refractivity contribution in [1.82, 2.24) is 0 Å². The van der Waals surface area contributed by atoms with Crippen LogP contribution < -0.4 is 0 Å². The maximum absolute atomic E-state index is 6.14. The van der Waals surface area contributed by atoms with E-state index >= 15 is 0 Å². The van der Waals surface area contributed by atoms with E-state index in [0.717, 1.165) is 16.5 Å². The van der Waals surface area contributed by atoms with E-state index in [4.69, 9.17) is 23.2 Å². The monoisotopic (exact) mass is 242 g/mol. The summed E-state index contributed by atoms with van der Waals surface area (Å²) in [5, 5.41) is 0.864. The van der Waals surface area contributed by atoms with Gasteiger partial charge in [-0.2, -0.15) is 0 Å². The van der Waals surface area contributed by atoms with Gasteiger partial charge in [-0.05, 0) is 41.4 Å². The lowest BCUT2D eigenvalue weighted by Gasteiger charge is -2.05. The lowest BCUT2D eigenvalue weighted by atomic mass is 10.0. The number of halogens is 2. The molecule has 0 heterocycles. The summed E-state index contributed by atoms with van der Waals surface area (Å²) in [4.78, 5) is 0. The van der Waals surface area contributed by atoms with Crippen LogP contribution in [-0.2, 0) is 0 Å². The van der Waals surface area contributed by atoms with Crippen LogP contribution >= 0.6 is 23.2 Å². The summed E-state index contributed by atoms with van der Waals surface area (Å²) < 4.78 is 0. The van der Waals surface area contributed by atoms with Gasteiger partial charge in [0.25, 0.3) is 0 Å². The minimum absolute atomic E-state index is 0.334. The predicted octanol–water partition coefficient (Wildman–Crippen LogP) is 4.63. The molecule has 2 unspecified atom stereocenters. The Morgan fingerprint density at radius 3 is 2.47 bits per heavy atom. The predicted molar refractivity (Wildman–Crippen MR) is 66.9 cm³/mol. The van der Waals surface area contributed by atoms with Crippen LogP contribution in [0.1, 0.15) is 30.9 Å². The third-order valence-corrected chi connectivity index (χ3v) is 4.51. The van der Waals surface area contributed by atoms with Crippen LogP contribution in [0.5, 0.6) is 0 Å². The highest BCUT2D eigenvalue weighted by atomic mass is 35.5. The summed E-state index contributed by atoms with van der Waals surface area (Å²) in [7, 11) is 0. The molecule has 0 spiro atoms. The number of hydrogen-bond donors (Lipinski definition) is 0. The summed E-state index contributed by atoms with van der Waals surface area (Å²) in [6, 6.07) is 6.37. The Balaban J connectivity index is 2.29. The van der Waals surface area contributed by atoms with E-state index in [2.05, 4.69) is 32.0 Å². The standard InChI is InChI=1S/C13H16Cl2/c1-8-4-5-9(6-11(8)15)12-10(7-14)13(12,2)3/h4-6,10,12H,7H2,1-3H3. The first-order valence-electron chi connectivity index (χ1n) is 5.30. The van der Waals surface area contributed by atoms with E-state index in [0.29, 0.717) is 17.3 Å². The molecular formula is C13H16Cl2. The van der Waals surface area contributed by atoms with Gasteiger partial charge in [0.2, 0.25) is 0 Å². The summed E-state index contributed by atoms with van der Waals surface area (Å²) in [5.74, 6) is 1.91. The Hall–Kier alpha value is -0.200. The molecule has 1 fully saturated rings. The van der Waals surface area contributed by atoms with Gasteiger partial charge in [-0.25, -0.2) is 0 Å². The van der Waals surface area contributed by atoms with Crippen molar-refractivity contribution in [1.29, 1.82) is 0 Å². The maximum Gasteiger partial charge on any atom is 0.0438 e. The SMILES string of the molecule is Cc1ccc(C2C(CCl)C2(C)C)cc1Cl. The molecule has 0 amide bonds. The van der Waals surface area contributed by atoms with Crippen LogP contribution in [0.3, 0.4) is 0 Å². The first-order chi connectivity index (χ1) is 6.98. The number of alkyl halides is 1. The third kappa shape index (κ3) is 1.79. The second-order valence-electron chi connectivity index (χ2n) is 5.07. The van der Waals surface area contributed by atoms with Crippen molar-refractivity contribution in [2.75, 3.05) is 5.88 Å². The highest BCUT2D eigenvalue weighted by Gasteiger charge is 2.57. The number of rotatable bonds is 2. The Morgan fingerprint density at radius 2 is 2.00 bits per heavy atom. The molecule has 82 valence electrons. The quantitative estimate of drug-likeness (QED) is 0.664. The molecule has 2 atom stereocenters. The highest BCUT2D eigenvalue weighted by Crippen LogP contribution is 2.64. The van der Waals surface area contributed by atoms with Gasteiger partial charge in [0, 0.05) is 10.9 Å². The Bertz CT molecular complexity index is 382. The van der Waals surface area contributed by atoms with Crippen molar-refractivity contribution < 1.29 is 0 Å². The Labute approximate surface area is 102 Å². The van der Waals surface area contributed by atoms with Crippen LogP contribution in [-0.4, -0.2) is 5.88 Å². The van der Waals surface area contributed by atoms with Gasteiger partial charge in [-0.1, -0.05) is 37.6 Å². The Kier molecular flexibility index (Phi) is 2.77. The maximum atomic E-state index is 6.14. The second kappa shape index (κ2) is 3.68. The molecule has 0 nitrogen and oxygen atoms in total. The van der Waals surface area contributed by atoms with Gasteiger partial charge in [0.05, 0.1) is 0 Å². The molecule has 0 aliphatic heterocycles. The topological polar surface area (TPSA) is 0 Å².